The summed E-state index contributed by atoms with van der Waals surface area (Å²) in [5.41, 5.74) is 2.13. The first-order chi connectivity index (χ1) is 9.33. The van der Waals surface area contributed by atoms with Gasteiger partial charge in [0.1, 0.15) is 5.82 Å². The molecule has 0 fully saturated rings. The number of para-hydroxylation sites is 1. The Labute approximate surface area is 117 Å². The monoisotopic (exact) mass is 268 g/mol. The van der Waals surface area contributed by atoms with Crippen LogP contribution in [0, 0.1) is 0 Å². The number of halogens is 1. The van der Waals surface area contributed by atoms with Gasteiger partial charge in [0, 0.05) is 11.6 Å². The molecular formula is C16H13ClN2. The number of rotatable bonds is 3. The molecule has 3 rings (SSSR count). The molecule has 0 radical (unpaired) electrons. The lowest BCUT2D eigenvalue weighted by Crippen LogP contribution is -2.02. The quantitative estimate of drug-likeness (QED) is 0.667. The summed E-state index contributed by atoms with van der Waals surface area (Å²) in [5.74, 6) is 0.684. The maximum atomic E-state index is 6.42. The molecule has 2 aromatic carbocycles. The second kappa shape index (κ2) is 5.37. The van der Waals surface area contributed by atoms with E-state index in [0.29, 0.717) is 5.82 Å². The lowest BCUT2D eigenvalue weighted by atomic mass is 10.1. The van der Waals surface area contributed by atoms with E-state index < -0.39 is 0 Å². The van der Waals surface area contributed by atoms with Crippen LogP contribution in [0.25, 0.3) is 10.9 Å². The Bertz CT molecular complexity index is 682. The molecule has 19 heavy (non-hydrogen) atoms. The van der Waals surface area contributed by atoms with Gasteiger partial charge in [0.05, 0.1) is 10.9 Å². The second-order valence-corrected chi connectivity index (χ2v) is 4.97. The van der Waals surface area contributed by atoms with Crippen LogP contribution in [0.2, 0.25) is 0 Å². The highest BCUT2D eigenvalue weighted by molar-refractivity contribution is 6.20. The fourth-order valence-corrected chi connectivity index (χ4v) is 2.33. The Morgan fingerprint density at radius 1 is 0.947 bits per heavy atom. The van der Waals surface area contributed by atoms with Gasteiger partial charge in [0.15, 0.2) is 0 Å². The van der Waals surface area contributed by atoms with Crippen LogP contribution in [0.5, 0.6) is 0 Å². The van der Waals surface area contributed by atoms with Crippen molar-refractivity contribution in [1.82, 2.24) is 9.97 Å². The minimum absolute atomic E-state index is 0.202. The standard InChI is InChI=1S/C16H13ClN2/c17-14(10-12-6-2-1-3-7-12)16-18-11-13-8-4-5-9-15(13)19-16/h1-9,11,14H,10H2. The molecule has 0 aliphatic rings. The first-order valence-corrected chi connectivity index (χ1v) is 6.66. The summed E-state index contributed by atoms with van der Waals surface area (Å²) in [6.45, 7) is 0. The van der Waals surface area contributed by atoms with E-state index in [-0.39, 0.29) is 5.38 Å². The Kier molecular flexibility index (Phi) is 3.43. The van der Waals surface area contributed by atoms with Crippen LogP contribution in [0.3, 0.4) is 0 Å². The molecule has 3 heteroatoms. The van der Waals surface area contributed by atoms with Crippen molar-refractivity contribution >= 4 is 22.5 Å². The molecule has 0 N–H and O–H groups in total. The van der Waals surface area contributed by atoms with E-state index in [0.717, 1.165) is 17.3 Å². The van der Waals surface area contributed by atoms with E-state index in [9.17, 15) is 0 Å². The predicted molar refractivity (Wildman–Crippen MR) is 78.3 cm³/mol. The highest BCUT2D eigenvalue weighted by Crippen LogP contribution is 2.23. The highest BCUT2D eigenvalue weighted by Gasteiger charge is 2.12. The van der Waals surface area contributed by atoms with Crippen molar-refractivity contribution in [3.8, 4) is 0 Å². The van der Waals surface area contributed by atoms with Gasteiger partial charge in [0.25, 0.3) is 0 Å². The lowest BCUT2D eigenvalue weighted by Gasteiger charge is -2.09. The molecular weight excluding hydrogens is 256 g/mol. The highest BCUT2D eigenvalue weighted by atomic mass is 35.5. The summed E-state index contributed by atoms with van der Waals surface area (Å²) in [7, 11) is 0. The minimum Gasteiger partial charge on any atom is -0.239 e. The minimum atomic E-state index is -0.202. The van der Waals surface area contributed by atoms with Crippen LogP contribution in [0.15, 0.2) is 60.8 Å². The van der Waals surface area contributed by atoms with Crippen LogP contribution >= 0.6 is 11.6 Å². The Morgan fingerprint density at radius 3 is 2.53 bits per heavy atom. The Balaban J connectivity index is 1.87. The van der Waals surface area contributed by atoms with Crippen LogP contribution < -0.4 is 0 Å². The van der Waals surface area contributed by atoms with E-state index in [4.69, 9.17) is 11.6 Å². The molecule has 0 spiro atoms. The van der Waals surface area contributed by atoms with Crippen molar-refractivity contribution in [2.75, 3.05) is 0 Å². The Morgan fingerprint density at radius 2 is 1.68 bits per heavy atom. The summed E-state index contributed by atoms with van der Waals surface area (Å²) >= 11 is 6.42. The van der Waals surface area contributed by atoms with Gasteiger partial charge in [0.2, 0.25) is 0 Å². The molecule has 0 saturated carbocycles. The van der Waals surface area contributed by atoms with E-state index in [1.54, 1.807) is 0 Å². The number of alkyl halides is 1. The van der Waals surface area contributed by atoms with Crippen LogP contribution in [-0.2, 0) is 6.42 Å². The zero-order valence-electron chi connectivity index (χ0n) is 10.3. The van der Waals surface area contributed by atoms with Gasteiger partial charge >= 0.3 is 0 Å². The van der Waals surface area contributed by atoms with Gasteiger partial charge in [-0.15, -0.1) is 11.6 Å². The zero-order chi connectivity index (χ0) is 13.1. The average molecular weight is 269 g/mol. The van der Waals surface area contributed by atoms with E-state index >= 15 is 0 Å². The molecule has 0 bridgehead atoms. The summed E-state index contributed by atoms with van der Waals surface area (Å²) in [5, 5.41) is 0.835. The largest absolute Gasteiger partial charge is 0.239 e. The number of hydrogen-bond acceptors (Lipinski definition) is 2. The maximum Gasteiger partial charge on any atom is 0.147 e. The molecule has 2 nitrogen and oxygen atoms in total. The van der Waals surface area contributed by atoms with Crippen molar-refractivity contribution in [1.29, 1.82) is 0 Å². The Hall–Kier alpha value is -1.93. The molecule has 1 unspecified atom stereocenters. The van der Waals surface area contributed by atoms with E-state index in [1.807, 2.05) is 48.7 Å². The molecule has 1 atom stereocenters. The number of benzene rings is 2. The van der Waals surface area contributed by atoms with E-state index in [2.05, 4.69) is 22.1 Å². The molecule has 0 saturated heterocycles. The predicted octanol–water partition coefficient (Wildman–Crippen LogP) is 4.15. The summed E-state index contributed by atoms with van der Waals surface area (Å²) in [6, 6.07) is 18.1. The van der Waals surface area contributed by atoms with Crippen molar-refractivity contribution in [3.05, 3.63) is 72.2 Å². The van der Waals surface area contributed by atoms with Crippen molar-refractivity contribution in [2.24, 2.45) is 0 Å². The molecule has 0 aliphatic carbocycles. The summed E-state index contributed by atoms with van der Waals surface area (Å²) in [4.78, 5) is 8.89. The number of nitrogens with zero attached hydrogens (tertiary/aromatic N) is 2. The fraction of sp³-hybridized carbons (Fsp3) is 0.125. The average Bonchev–Trinajstić information content (AvgIpc) is 2.48. The van der Waals surface area contributed by atoms with Gasteiger partial charge < -0.3 is 0 Å². The summed E-state index contributed by atoms with van der Waals surface area (Å²) < 4.78 is 0. The van der Waals surface area contributed by atoms with Crippen LogP contribution in [0.4, 0.5) is 0 Å². The van der Waals surface area contributed by atoms with Crippen molar-refractivity contribution in [2.45, 2.75) is 11.8 Å². The van der Waals surface area contributed by atoms with Crippen LogP contribution in [-0.4, -0.2) is 9.97 Å². The molecule has 1 heterocycles. The topological polar surface area (TPSA) is 25.8 Å². The zero-order valence-corrected chi connectivity index (χ0v) is 11.1. The normalized spacial score (nSPS) is 12.5. The first kappa shape index (κ1) is 12.1. The van der Waals surface area contributed by atoms with Gasteiger partial charge in [-0.05, 0) is 18.1 Å². The first-order valence-electron chi connectivity index (χ1n) is 6.22. The fourth-order valence-electron chi connectivity index (χ4n) is 2.05. The lowest BCUT2D eigenvalue weighted by molar-refractivity contribution is 0.837. The van der Waals surface area contributed by atoms with Crippen molar-refractivity contribution in [3.63, 3.8) is 0 Å². The third-order valence-electron chi connectivity index (χ3n) is 3.05. The van der Waals surface area contributed by atoms with Gasteiger partial charge in [-0.1, -0.05) is 48.5 Å². The summed E-state index contributed by atoms with van der Waals surface area (Å²) in [6.07, 6.45) is 2.57. The third-order valence-corrected chi connectivity index (χ3v) is 3.40. The third kappa shape index (κ3) is 2.74. The number of fused-ring (bicyclic) bond motifs is 1. The smallest absolute Gasteiger partial charge is 0.147 e. The van der Waals surface area contributed by atoms with Gasteiger partial charge in [-0.3, -0.25) is 0 Å². The second-order valence-electron chi connectivity index (χ2n) is 4.44. The van der Waals surface area contributed by atoms with Crippen LogP contribution in [0.1, 0.15) is 16.8 Å². The molecule has 3 aromatic rings. The van der Waals surface area contributed by atoms with E-state index in [1.165, 1.54) is 5.56 Å². The maximum absolute atomic E-state index is 6.42. The molecule has 1 aromatic heterocycles. The molecule has 0 amide bonds. The number of hydrogen-bond donors (Lipinski definition) is 0. The molecule has 94 valence electrons. The SMILES string of the molecule is ClC(Cc1ccccc1)c1ncc2ccccc2n1. The van der Waals surface area contributed by atoms with Gasteiger partial charge in [-0.2, -0.15) is 0 Å². The molecule has 0 aliphatic heterocycles. The number of aromatic nitrogens is 2. The van der Waals surface area contributed by atoms with Gasteiger partial charge in [-0.25, -0.2) is 9.97 Å². The van der Waals surface area contributed by atoms with Crippen molar-refractivity contribution < 1.29 is 0 Å².